The Bertz CT molecular complexity index is 1700. The number of unbranched alkanes of at least 4 members (excludes halogenated alkanes) is 3. The molecule has 0 aromatic heterocycles. The summed E-state index contributed by atoms with van der Waals surface area (Å²) in [5.74, 6) is -9.18. The number of carbonyl (C=O) groups is 4. The first-order chi connectivity index (χ1) is 33.0. The smallest absolute Gasteiger partial charge is 0.364 e. The lowest BCUT2D eigenvalue weighted by atomic mass is 9.89. The topological polar surface area (TPSA) is 486 Å². The average molecular weight is 1040 g/mol. The van der Waals surface area contributed by atoms with Crippen molar-refractivity contribution in [1.29, 1.82) is 0 Å². The standard InChI is InChI=1S/C40H69N3O26S/c1-15(48)42-23-18(51)10-40(38(61)62,69-31(23)25(54)19(52)11-44)70-34(20(53)12-45)32-24(43-16(2)49)17(50)9-39(67-32,37(59)60)68-33-26(55)21(13-46)64-36(29(33)58)66-30-22(14-47)65-35(28(57)27(30)56)63-8-6-4-3-5-7-41/h17-36,44-47,50-58H,3-14,41H2,1-2H3,(H,42,48)(H,43,49)(H,59,60)(H,61,62)/t17-,18-,19+,20+,21+,22+,23+,24+,25+,26-,27+,28+,29+,30+,31+,32+,33-,34+,35+,36-,39-,40-/m0/s1. The number of aliphatic hydroxyl groups is 13. The van der Waals surface area contributed by atoms with Crippen LogP contribution in [0.3, 0.4) is 0 Å². The van der Waals surface area contributed by atoms with Crippen molar-refractivity contribution in [2.45, 2.75) is 185 Å². The number of carboxylic acids is 2. The van der Waals surface area contributed by atoms with Gasteiger partial charge in [-0.1, -0.05) is 12.8 Å². The maximum Gasteiger partial charge on any atom is 0.364 e. The molecule has 4 rings (SSSR count). The number of hydrogen-bond acceptors (Lipinski definition) is 26. The largest absolute Gasteiger partial charge is 0.478 e. The van der Waals surface area contributed by atoms with Gasteiger partial charge in [0.15, 0.2) is 12.6 Å². The number of carbonyl (C=O) groups excluding carboxylic acids is 2. The molecule has 406 valence electrons. The highest BCUT2D eigenvalue weighted by Gasteiger charge is 2.63. The van der Waals surface area contributed by atoms with E-state index in [9.17, 15) is 95.8 Å². The van der Waals surface area contributed by atoms with E-state index < -0.39 is 195 Å². The number of rotatable bonds is 25. The summed E-state index contributed by atoms with van der Waals surface area (Å²) in [5.41, 5.74) is 5.51. The molecule has 29 nitrogen and oxygen atoms in total. The van der Waals surface area contributed by atoms with Crippen LogP contribution in [0.4, 0.5) is 0 Å². The molecule has 22 atom stereocenters. The summed E-state index contributed by atoms with van der Waals surface area (Å²) in [6, 6.07) is -3.50. The monoisotopic (exact) mass is 1040 g/mol. The first-order valence-electron chi connectivity index (χ1n) is 22.5. The molecule has 0 bridgehead atoms. The second-order valence-corrected chi connectivity index (χ2v) is 19.0. The fourth-order valence-electron chi connectivity index (χ4n) is 8.69. The van der Waals surface area contributed by atoms with Gasteiger partial charge in [0.25, 0.3) is 5.79 Å². The van der Waals surface area contributed by atoms with Crippen LogP contribution < -0.4 is 16.4 Å². The van der Waals surface area contributed by atoms with E-state index in [-0.39, 0.29) is 18.4 Å². The van der Waals surface area contributed by atoms with Crippen molar-refractivity contribution < 1.29 is 129 Å². The Morgan fingerprint density at radius 2 is 1.26 bits per heavy atom. The van der Waals surface area contributed by atoms with Crippen LogP contribution in [-0.4, -0.2) is 272 Å². The van der Waals surface area contributed by atoms with Gasteiger partial charge in [-0.2, -0.15) is 0 Å². The SMILES string of the molecule is CC(=O)N[C@H]1[C@H]([C@H](S[C@]2(C(=O)O)C[C@H](O)[C@@H](NC(C)=O)[C@H]([C@H](O)[C@H](O)CO)O2)[C@H](O)CO)O[C@@](O[C@H]2[C@@H](O)[C@@H](CO)O[C@@H](O[C@H]3[C@H](O)[C@@H](O)[C@H](OCCCCCCN)O[C@@H]3CO)[C@@H]2O)(C(=O)O)C[C@@H]1O. The van der Waals surface area contributed by atoms with Crippen LogP contribution in [0.2, 0.25) is 0 Å². The second kappa shape index (κ2) is 26.6. The number of aliphatic hydroxyl groups excluding tert-OH is 13. The summed E-state index contributed by atoms with van der Waals surface area (Å²) in [5, 5.41) is 165. The van der Waals surface area contributed by atoms with Crippen molar-refractivity contribution in [2.24, 2.45) is 5.73 Å². The number of amides is 2. The van der Waals surface area contributed by atoms with Gasteiger partial charge in [0.1, 0.15) is 67.1 Å². The van der Waals surface area contributed by atoms with E-state index in [1.165, 1.54) is 0 Å². The fourth-order valence-corrected chi connectivity index (χ4v) is 10.3. The third-order valence-electron chi connectivity index (χ3n) is 12.3. The van der Waals surface area contributed by atoms with E-state index in [1.807, 2.05) is 0 Å². The van der Waals surface area contributed by atoms with E-state index in [1.54, 1.807) is 0 Å². The van der Waals surface area contributed by atoms with Crippen molar-refractivity contribution >= 4 is 35.5 Å². The molecule has 4 heterocycles. The molecule has 4 saturated heterocycles. The zero-order valence-corrected chi connectivity index (χ0v) is 39.0. The number of nitrogens with one attached hydrogen (secondary N) is 2. The van der Waals surface area contributed by atoms with Gasteiger partial charge >= 0.3 is 11.9 Å². The first kappa shape index (κ1) is 59.9. The summed E-state index contributed by atoms with van der Waals surface area (Å²) < 4.78 is 40.2. The van der Waals surface area contributed by atoms with Crippen molar-refractivity contribution in [1.82, 2.24) is 10.6 Å². The predicted molar refractivity (Wildman–Crippen MR) is 229 cm³/mol. The maximum absolute atomic E-state index is 13.4. The molecule has 0 aromatic rings. The van der Waals surface area contributed by atoms with Gasteiger partial charge < -0.3 is 126 Å². The normalized spacial score (nSPS) is 39.8. The van der Waals surface area contributed by atoms with Gasteiger partial charge in [-0.25, -0.2) is 9.59 Å². The predicted octanol–water partition coefficient (Wildman–Crippen LogP) is -8.79. The zero-order chi connectivity index (χ0) is 52.4. The average Bonchev–Trinajstić information content (AvgIpc) is 3.31. The molecule has 4 aliphatic rings. The lowest BCUT2D eigenvalue weighted by molar-refractivity contribution is -0.383. The number of aliphatic carboxylic acids is 2. The molecule has 2 amide bonds. The van der Waals surface area contributed by atoms with E-state index >= 15 is 0 Å². The van der Waals surface area contributed by atoms with Gasteiger partial charge in [0, 0.05) is 33.3 Å². The van der Waals surface area contributed by atoms with Crippen LogP contribution in [0.1, 0.15) is 52.4 Å². The molecule has 4 aliphatic heterocycles. The zero-order valence-electron chi connectivity index (χ0n) is 38.2. The first-order valence-corrected chi connectivity index (χ1v) is 23.4. The van der Waals surface area contributed by atoms with Gasteiger partial charge in [0.2, 0.25) is 16.7 Å². The van der Waals surface area contributed by atoms with Crippen molar-refractivity contribution in [2.75, 3.05) is 39.6 Å². The van der Waals surface area contributed by atoms with E-state index in [0.29, 0.717) is 13.0 Å². The Kier molecular flexibility index (Phi) is 22.7. The molecule has 0 unspecified atom stereocenters. The summed E-state index contributed by atoms with van der Waals surface area (Å²) in [6.45, 7) is -1.87. The second-order valence-electron chi connectivity index (χ2n) is 17.5. The molecule has 4 fully saturated rings. The highest BCUT2D eigenvalue weighted by molar-refractivity contribution is 8.01. The maximum atomic E-state index is 13.4. The molecule has 0 radical (unpaired) electrons. The lowest BCUT2D eigenvalue weighted by Crippen LogP contribution is -2.71. The number of carboxylic acid groups (broad SMARTS) is 2. The fraction of sp³-hybridized carbons (Fsp3) is 0.900. The van der Waals surface area contributed by atoms with Crippen molar-refractivity contribution in [3.05, 3.63) is 0 Å². The van der Waals surface area contributed by atoms with Gasteiger partial charge in [0.05, 0.1) is 68.2 Å². The summed E-state index contributed by atoms with van der Waals surface area (Å²) in [4.78, 5) is 48.5. The number of thioether (sulfide) groups is 1. The van der Waals surface area contributed by atoms with Crippen LogP contribution in [0.15, 0.2) is 0 Å². The molecule has 19 N–H and O–H groups in total. The molecule has 0 saturated carbocycles. The Hall–Kier alpha value is -2.61. The van der Waals surface area contributed by atoms with E-state index in [4.69, 9.17) is 38.9 Å². The van der Waals surface area contributed by atoms with Gasteiger partial charge in [-0.15, -0.1) is 11.8 Å². The molecule has 30 heteroatoms. The Morgan fingerprint density at radius 3 is 1.80 bits per heavy atom. The minimum atomic E-state index is -3.32. The molecule has 0 aliphatic carbocycles. The van der Waals surface area contributed by atoms with Crippen LogP contribution in [0, 0.1) is 0 Å². The third kappa shape index (κ3) is 14.0. The Labute approximate surface area is 404 Å². The van der Waals surface area contributed by atoms with Gasteiger partial charge in [-0.05, 0) is 19.4 Å². The minimum absolute atomic E-state index is 0.00433. The molecular weight excluding hydrogens is 971 g/mol. The quantitative estimate of drug-likeness (QED) is 0.0378. The van der Waals surface area contributed by atoms with E-state index in [2.05, 4.69) is 10.6 Å². The molecule has 70 heavy (non-hydrogen) atoms. The molecule has 0 aromatic carbocycles. The summed E-state index contributed by atoms with van der Waals surface area (Å²) >= 11 is -0.00433. The number of hydrogen-bond donors (Lipinski definition) is 18. The molecular formula is C40H69N3O26S. The van der Waals surface area contributed by atoms with Gasteiger partial charge in [-0.3, -0.25) is 9.59 Å². The van der Waals surface area contributed by atoms with Crippen LogP contribution in [0.25, 0.3) is 0 Å². The van der Waals surface area contributed by atoms with Crippen LogP contribution in [0.5, 0.6) is 0 Å². The highest BCUT2D eigenvalue weighted by Crippen LogP contribution is 2.47. The number of ether oxygens (including phenoxy) is 7. The highest BCUT2D eigenvalue weighted by atomic mass is 32.2. The Balaban J connectivity index is 1.72. The van der Waals surface area contributed by atoms with Crippen molar-refractivity contribution in [3.63, 3.8) is 0 Å². The minimum Gasteiger partial charge on any atom is -0.478 e. The van der Waals surface area contributed by atoms with Crippen molar-refractivity contribution in [3.8, 4) is 0 Å². The van der Waals surface area contributed by atoms with Crippen LogP contribution >= 0.6 is 11.8 Å². The third-order valence-corrected chi connectivity index (χ3v) is 14.0. The summed E-state index contributed by atoms with van der Waals surface area (Å²) in [6.07, 6.45) is -33.6. The molecule has 0 spiro atoms. The Morgan fingerprint density at radius 1 is 0.686 bits per heavy atom. The lowest BCUT2D eigenvalue weighted by Gasteiger charge is -2.52. The number of nitrogens with two attached hydrogens (primary N) is 1. The van der Waals surface area contributed by atoms with E-state index in [0.717, 1.165) is 33.1 Å². The summed E-state index contributed by atoms with van der Waals surface area (Å²) in [7, 11) is 0. The van der Waals surface area contributed by atoms with Crippen LogP contribution in [-0.2, 0) is 52.3 Å².